The van der Waals surface area contributed by atoms with Crippen molar-refractivity contribution in [2.45, 2.75) is 32.3 Å². The molecule has 1 atom stereocenters. The zero-order valence-corrected chi connectivity index (χ0v) is 13.3. The van der Waals surface area contributed by atoms with E-state index in [1.807, 2.05) is 31.2 Å². The lowest BCUT2D eigenvalue weighted by Crippen LogP contribution is -2.21. The molecular weight excluding hydrogens is 319 g/mol. The molecule has 0 fully saturated rings. The molecule has 0 aromatic heterocycles. The number of alkyl halides is 3. The van der Waals surface area contributed by atoms with E-state index in [1.54, 1.807) is 18.2 Å². The van der Waals surface area contributed by atoms with E-state index in [9.17, 15) is 18.3 Å². The summed E-state index contributed by atoms with van der Waals surface area (Å²) >= 11 is 0. The van der Waals surface area contributed by atoms with Crippen LogP contribution in [0.4, 0.5) is 13.2 Å². The summed E-state index contributed by atoms with van der Waals surface area (Å²) in [6.07, 6.45) is -4.36. The molecule has 0 radical (unpaired) electrons. The average molecular weight is 339 g/mol. The minimum absolute atomic E-state index is 0.0211. The number of rotatable bonds is 7. The first-order valence-corrected chi connectivity index (χ1v) is 7.59. The molecule has 2 rings (SSSR count). The zero-order chi connectivity index (χ0) is 17.6. The number of benzene rings is 2. The first kappa shape index (κ1) is 18.3. The number of nitrogens with one attached hydrogen (secondary N) is 1. The second-order valence-electron chi connectivity index (χ2n) is 5.52. The molecule has 0 saturated carbocycles. The van der Waals surface area contributed by atoms with Gasteiger partial charge in [-0.3, -0.25) is 0 Å². The van der Waals surface area contributed by atoms with Gasteiger partial charge in [-0.2, -0.15) is 13.2 Å². The van der Waals surface area contributed by atoms with Crippen LogP contribution in [0.1, 0.15) is 29.7 Å². The second kappa shape index (κ2) is 8.17. The van der Waals surface area contributed by atoms with Crippen LogP contribution in [-0.2, 0) is 13.2 Å². The van der Waals surface area contributed by atoms with Crippen molar-refractivity contribution in [2.75, 3.05) is 6.61 Å². The molecule has 0 aliphatic carbocycles. The Bertz CT molecular complexity index is 659. The molecule has 0 saturated heterocycles. The fourth-order valence-electron chi connectivity index (χ4n) is 2.29. The summed E-state index contributed by atoms with van der Waals surface area (Å²) in [5.74, 6) is 0.221. The fraction of sp³-hybridized carbons (Fsp3) is 0.333. The SMILES string of the molecule is CC(NCc1ccccc1OCC(F)(F)F)c1cccc(CO)c1. The van der Waals surface area contributed by atoms with Gasteiger partial charge in [0.05, 0.1) is 6.61 Å². The number of para-hydroxylation sites is 1. The summed E-state index contributed by atoms with van der Waals surface area (Å²) in [5.41, 5.74) is 2.47. The monoisotopic (exact) mass is 339 g/mol. The number of aliphatic hydroxyl groups excluding tert-OH is 1. The van der Waals surface area contributed by atoms with Crippen LogP contribution in [0.15, 0.2) is 48.5 Å². The maximum atomic E-state index is 12.3. The predicted octanol–water partition coefficient (Wildman–Crippen LogP) is 3.97. The number of halogens is 3. The highest BCUT2D eigenvalue weighted by Gasteiger charge is 2.28. The molecular formula is C18H20F3NO2. The van der Waals surface area contributed by atoms with Gasteiger partial charge in [-0.15, -0.1) is 0 Å². The minimum atomic E-state index is -4.36. The Morgan fingerprint density at radius 1 is 1.12 bits per heavy atom. The van der Waals surface area contributed by atoms with Crippen LogP contribution in [0.3, 0.4) is 0 Å². The standard InChI is InChI=1S/C18H20F3NO2/c1-13(15-7-4-5-14(9-15)11-23)22-10-16-6-2-3-8-17(16)24-12-18(19,20)21/h2-9,13,22-23H,10-12H2,1H3. The molecule has 3 nitrogen and oxygen atoms in total. The van der Waals surface area contributed by atoms with Gasteiger partial charge in [0.1, 0.15) is 5.75 Å². The largest absolute Gasteiger partial charge is 0.484 e. The molecule has 0 aliphatic rings. The van der Waals surface area contributed by atoms with E-state index < -0.39 is 12.8 Å². The molecule has 24 heavy (non-hydrogen) atoms. The highest BCUT2D eigenvalue weighted by Crippen LogP contribution is 2.23. The third kappa shape index (κ3) is 5.54. The van der Waals surface area contributed by atoms with Gasteiger partial charge >= 0.3 is 6.18 Å². The fourth-order valence-corrected chi connectivity index (χ4v) is 2.29. The molecule has 0 aliphatic heterocycles. The summed E-state index contributed by atoms with van der Waals surface area (Å²) in [4.78, 5) is 0. The van der Waals surface area contributed by atoms with Crippen molar-refractivity contribution in [1.82, 2.24) is 5.32 Å². The lowest BCUT2D eigenvalue weighted by molar-refractivity contribution is -0.153. The van der Waals surface area contributed by atoms with Crippen LogP contribution in [0, 0.1) is 0 Å². The van der Waals surface area contributed by atoms with Crippen molar-refractivity contribution >= 4 is 0 Å². The zero-order valence-electron chi connectivity index (χ0n) is 13.3. The van der Waals surface area contributed by atoms with Crippen LogP contribution >= 0.6 is 0 Å². The van der Waals surface area contributed by atoms with Gasteiger partial charge in [0.2, 0.25) is 0 Å². The summed E-state index contributed by atoms with van der Waals surface area (Å²) in [6.45, 7) is 0.987. The van der Waals surface area contributed by atoms with Gasteiger partial charge in [0.15, 0.2) is 6.61 Å². The highest BCUT2D eigenvalue weighted by atomic mass is 19.4. The number of ether oxygens (including phenoxy) is 1. The van der Waals surface area contributed by atoms with Crippen molar-refractivity contribution in [3.8, 4) is 5.75 Å². The number of hydrogen-bond donors (Lipinski definition) is 2. The van der Waals surface area contributed by atoms with Crippen molar-refractivity contribution < 1.29 is 23.0 Å². The van der Waals surface area contributed by atoms with Crippen molar-refractivity contribution in [3.05, 3.63) is 65.2 Å². The lowest BCUT2D eigenvalue weighted by Gasteiger charge is -2.17. The molecule has 6 heteroatoms. The van der Waals surface area contributed by atoms with Crippen LogP contribution < -0.4 is 10.1 Å². The predicted molar refractivity (Wildman–Crippen MR) is 85.6 cm³/mol. The highest BCUT2D eigenvalue weighted by molar-refractivity contribution is 5.33. The first-order chi connectivity index (χ1) is 11.4. The summed E-state index contributed by atoms with van der Waals surface area (Å²) in [7, 11) is 0. The molecule has 2 aromatic carbocycles. The second-order valence-corrected chi connectivity index (χ2v) is 5.52. The third-order valence-corrected chi connectivity index (χ3v) is 3.60. The van der Waals surface area contributed by atoms with Gasteiger partial charge in [-0.1, -0.05) is 42.5 Å². The Hall–Kier alpha value is -2.05. The Morgan fingerprint density at radius 2 is 1.88 bits per heavy atom. The van der Waals surface area contributed by atoms with Gasteiger partial charge < -0.3 is 15.2 Å². The summed E-state index contributed by atoms with van der Waals surface area (Å²) in [5, 5.41) is 12.4. The van der Waals surface area contributed by atoms with Gasteiger partial charge in [0, 0.05) is 18.2 Å². The van der Waals surface area contributed by atoms with Crippen molar-refractivity contribution in [1.29, 1.82) is 0 Å². The van der Waals surface area contributed by atoms with E-state index >= 15 is 0 Å². The number of hydrogen-bond acceptors (Lipinski definition) is 3. The molecule has 0 bridgehead atoms. The van der Waals surface area contributed by atoms with E-state index in [1.165, 1.54) is 6.07 Å². The smallest absolute Gasteiger partial charge is 0.422 e. The van der Waals surface area contributed by atoms with E-state index in [4.69, 9.17) is 4.74 Å². The number of aliphatic hydroxyl groups is 1. The van der Waals surface area contributed by atoms with Crippen LogP contribution in [0.25, 0.3) is 0 Å². The van der Waals surface area contributed by atoms with E-state index in [0.29, 0.717) is 12.1 Å². The molecule has 1 unspecified atom stereocenters. The minimum Gasteiger partial charge on any atom is -0.484 e. The Kier molecular flexibility index (Phi) is 6.23. The van der Waals surface area contributed by atoms with E-state index in [-0.39, 0.29) is 18.4 Å². The summed E-state index contributed by atoms with van der Waals surface area (Å²) in [6, 6.07) is 14.2. The van der Waals surface area contributed by atoms with Crippen molar-refractivity contribution in [3.63, 3.8) is 0 Å². The van der Waals surface area contributed by atoms with Crippen molar-refractivity contribution in [2.24, 2.45) is 0 Å². The van der Waals surface area contributed by atoms with Crippen LogP contribution in [0.5, 0.6) is 5.75 Å². The van der Waals surface area contributed by atoms with E-state index in [2.05, 4.69) is 5.32 Å². The Morgan fingerprint density at radius 3 is 2.58 bits per heavy atom. The molecule has 130 valence electrons. The maximum Gasteiger partial charge on any atom is 0.422 e. The lowest BCUT2D eigenvalue weighted by atomic mass is 10.0. The van der Waals surface area contributed by atoms with Gasteiger partial charge in [-0.25, -0.2) is 0 Å². The molecule has 0 spiro atoms. The maximum absolute atomic E-state index is 12.3. The van der Waals surface area contributed by atoms with Gasteiger partial charge in [-0.05, 0) is 24.1 Å². The molecule has 2 N–H and O–H groups in total. The topological polar surface area (TPSA) is 41.5 Å². The van der Waals surface area contributed by atoms with Crippen LogP contribution in [0.2, 0.25) is 0 Å². The summed E-state index contributed by atoms with van der Waals surface area (Å²) < 4.78 is 41.8. The molecule has 2 aromatic rings. The first-order valence-electron chi connectivity index (χ1n) is 7.59. The third-order valence-electron chi connectivity index (χ3n) is 3.60. The Balaban J connectivity index is 2.00. The average Bonchev–Trinajstić information content (AvgIpc) is 2.58. The van der Waals surface area contributed by atoms with Gasteiger partial charge in [0.25, 0.3) is 0 Å². The van der Waals surface area contributed by atoms with E-state index in [0.717, 1.165) is 11.1 Å². The molecule has 0 amide bonds. The van der Waals surface area contributed by atoms with Crippen LogP contribution in [-0.4, -0.2) is 17.9 Å². The molecule has 0 heterocycles. The quantitative estimate of drug-likeness (QED) is 0.802. The Labute approximate surface area is 139 Å². The normalized spacial score (nSPS) is 12.9.